The fourth-order valence-corrected chi connectivity index (χ4v) is 5.67. The van der Waals surface area contributed by atoms with Crippen LogP contribution >= 0.6 is 22.6 Å². The average Bonchev–Trinajstić information content (AvgIpc) is 2.73. The predicted octanol–water partition coefficient (Wildman–Crippen LogP) is 7.69. The summed E-state index contributed by atoms with van der Waals surface area (Å²) in [5.74, 6) is -1.54. The normalized spacial score (nSPS) is 17.4. The van der Waals surface area contributed by atoms with Crippen LogP contribution < -0.4 is 10.2 Å². The third kappa shape index (κ3) is 6.76. The molecule has 192 valence electrons. The summed E-state index contributed by atoms with van der Waals surface area (Å²) >= 11 is 1.95. The summed E-state index contributed by atoms with van der Waals surface area (Å²) in [5, 5.41) is 2.56. The molecule has 2 aromatic rings. The van der Waals surface area contributed by atoms with Crippen molar-refractivity contribution in [1.29, 1.82) is 0 Å². The van der Waals surface area contributed by atoms with Gasteiger partial charge in [-0.05, 0) is 90.0 Å². The zero-order chi connectivity index (χ0) is 26.2. The second-order valence-corrected chi connectivity index (χ2v) is 16.4. The van der Waals surface area contributed by atoms with E-state index in [1.165, 1.54) is 18.2 Å². The Hall–Kier alpha value is -1.66. The maximum Gasteiger partial charge on any atom is 0.416 e. The van der Waals surface area contributed by atoms with Gasteiger partial charge >= 0.3 is 6.18 Å². The maximum atomic E-state index is 14.3. The molecule has 1 aliphatic rings. The molecule has 0 aromatic heterocycles. The number of alkyl halides is 3. The number of piperidine rings is 1. The molecule has 1 aliphatic heterocycles. The first-order valence-electron chi connectivity index (χ1n) is 11.5. The third-order valence-electron chi connectivity index (χ3n) is 6.73. The first-order valence-corrected chi connectivity index (χ1v) is 15.5. The van der Waals surface area contributed by atoms with Gasteiger partial charge in [0.05, 0.1) is 28.6 Å². The van der Waals surface area contributed by atoms with Gasteiger partial charge in [0, 0.05) is 16.7 Å². The number of carbonyl (C=O) groups excluding carboxylic acids is 1. The minimum absolute atomic E-state index is 0.00365. The van der Waals surface area contributed by atoms with E-state index in [2.05, 4.69) is 39.2 Å². The molecule has 0 spiro atoms. The number of halogens is 5. The lowest BCUT2D eigenvalue weighted by molar-refractivity contribution is -0.137. The van der Waals surface area contributed by atoms with Crippen molar-refractivity contribution in [1.82, 2.24) is 0 Å². The van der Waals surface area contributed by atoms with Gasteiger partial charge in [-0.25, -0.2) is 4.39 Å². The number of benzene rings is 2. The monoisotopic (exact) mass is 622 g/mol. The fraction of sp³-hybridized carbons (Fsp3) is 0.480. The SMILES string of the molecule is CC(C)(C)[Si](C)(C)OC1CCCN(c2ccc(C(F)(F)F)cc2NC(=O)c2cc(I)ccc2F)C1. The molecule has 1 saturated heterocycles. The van der Waals surface area contributed by atoms with Gasteiger partial charge in [-0.15, -0.1) is 0 Å². The Morgan fingerprint density at radius 3 is 2.46 bits per heavy atom. The zero-order valence-electron chi connectivity index (χ0n) is 20.5. The summed E-state index contributed by atoms with van der Waals surface area (Å²) in [6, 6.07) is 7.34. The lowest BCUT2D eigenvalue weighted by atomic mass is 10.1. The topological polar surface area (TPSA) is 41.6 Å². The Bertz CT molecular complexity index is 1090. The number of carbonyl (C=O) groups is 1. The first kappa shape index (κ1) is 27.9. The van der Waals surface area contributed by atoms with Crippen molar-refractivity contribution in [2.75, 3.05) is 23.3 Å². The molecular weight excluding hydrogens is 591 g/mol. The zero-order valence-corrected chi connectivity index (χ0v) is 23.7. The molecule has 4 nitrogen and oxygen atoms in total. The highest BCUT2D eigenvalue weighted by molar-refractivity contribution is 14.1. The molecule has 0 bridgehead atoms. The molecule has 3 rings (SSSR count). The molecule has 2 aromatic carbocycles. The molecule has 1 heterocycles. The highest BCUT2D eigenvalue weighted by atomic mass is 127. The van der Waals surface area contributed by atoms with Gasteiger partial charge in [-0.2, -0.15) is 13.2 Å². The fourth-order valence-electron chi connectivity index (χ4n) is 3.80. The van der Waals surface area contributed by atoms with Crippen molar-refractivity contribution in [2.24, 2.45) is 0 Å². The van der Waals surface area contributed by atoms with E-state index in [4.69, 9.17) is 4.43 Å². The molecule has 10 heteroatoms. The maximum absolute atomic E-state index is 14.3. The Labute approximate surface area is 218 Å². The van der Waals surface area contributed by atoms with E-state index in [1.807, 2.05) is 27.5 Å². The van der Waals surface area contributed by atoms with Crippen molar-refractivity contribution in [2.45, 2.75) is 64.0 Å². The number of hydrogen-bond donors (Lipinski definition) is 1. The highest BCUT2D eigenvalue weighted by Gasteiger charge is 2.40. The number of anilines is 2. The lowest BCUT2D eigenvalue weighted by Gasteiger charge is -2.43. The van der Waals surface area contributed by atoms with E-state index in [1.54, 1.807) is 0 Å². The quantitative estimate of drug-likeness (QED) is 0.211. The largest absolute Gasteiger partial charge is 0.416 e. The van der Waals surface area contributed by atoms with E-state index in [0.29, 0.717) is 22.3 Å². The van der Waals surface area contributed by atoms with E-state index < -0.39 is 31.8 Å². The van der Waals surface area contributed by atoms with Gasteiger partial charge in [0.15, 0.2) is 8.32 Å². The van der Waals surface area contributed by atoms with Crippen molar-refractivity contribution >= 4 is 48.2 Å². The van der Waals surface area contributed by atoms with Gasteiger partial charge < -0.3 is 14.6 Å². The van der Waals surface area contributed by atoms with Crippen molar-refractivity contribution < 1.29 is 26.8 Å². The molecule has 1 fully saturated rings. The van der Waals surface area contributed by atoms with E-state index >= 15 is 0 Å². The molecule has 1 unspecified atom stereocenters. The summed E-state index contributed by atoms with van der Waals surface area (Å²) in [7, 11) is -2.04. The third-order valence-corrected chi connectivity index (χ3v) is 11.9. The van der Waals surface area contributed by atoms with E-state index in [0.717, 1.165) is 31.0 Å². The Balaban J connectivity index is 1.92. The van der Waals surface area contributed by atoms with Gasteiger partial charge in [-0.3, -0.25) is 4.79 Å². The number of hydrogen-bond acceptors (Lipinski definition) is 3. The van der Waals surface area contributed by atoms with Crippen LogP contribution in [0.1, 0.15) is 49.5 Å². The molecule has 1 atom stereocenters. The molecule has 0 radical (unpaired) electrons. The number of nitrogens with zero attached hydrogens (tertiary/aromatic N) is 1. The minimum Gasteiger partial charge on any atom is -0.412 e. The lowest BCUT2D eigenvalue weighted by Crippen LogP contribution is -2.49. The minimum atomic E-state index is -4.58. The van der Waals surface area contributed by atoms with Crippen LogP contribution in [0, 0.1) is 9.39 Å². The molecule has 1 N–H and O–H groups in total. The van der Waals surface area contributed by atoms with Crippen LogP contribution in [0.2, 0.25) is 18.1 Å². The van der Waals surface area contributed by atoms with Gasteiger partial charge in [-0.1, -0.05) is 20.8 Å². The second kappa shape index (κ2) is 10.4. The first-order chi connectivity index (χ1) is 16.1. The Morgan fingerprint density at radius 2 is 1.83 bits per heavy atom. The van der Waals surface area contributed by atoms with Crippen LogP contribution in [0.4, 0.5) is 28.9 Å². The van der Waals surface area contributed by atoms with Crippen LogP contribution in [0.5, 0.6) is 0 Å². The van der Waals surface area contributed by atoms with Gasteiger partial charge in [0.25, 0.3) is 5.91 Å². The number of nitrogens with one attached hydrogen (secondary N) is 1. The van der Waals surface area contributed by atoms with E-state index in [-0.39, 0.29) is 22.4 Å². The van der Waals surface area contributed by atoms with Crippen molar-refractivity contribution in [3.63, 3.8) is 0 Å². The Kier molecular flexibility index (Phi) is 8.27. The number of amides is 1. The van der Waals surface area contributed by atoms with Gasteiger partial charge in [0.2, 0.25) is 0 Å². The van der Waals surface area contributed by atoms with Gasteiger partial charge in [0.1, 0.15) is 5.82 Å². The van der Waals surface area contributed by atoms with Crippen LogP contribution in [0.25, 0.3) is 0 Å². The molecule has 35 heavy (non-hydrogen) atoms. The molecule has 0 aliphatic carbocycles. The molecule has 1 amide bonds. The smallest absolute Gasteiger partial charge is 0.412 e. The Morgan fingerprint density at radius 1 is 1.14 bits per heavy atom. The van der Waals surface area contributed by atoms with Crippen LogP contribution in [0.3, 0.4) is 0 Å². The summed E-state index contributed by atoms with van der Waals surface area (Å²) in [4.78, 5) is 14.8. The van der Waals surface area contributed by atoms with Crippen LogP contribution in [0.15, 0.2) is 36.4 Å². The summed E-state index contributed by atoms with van der Waals surface area (Å²) in [6.07, 6.45) is -2.98. The van der Waals surface area contributed by atoms with E-state index in [9.17, 15) is 22.4 Å². The van der Waals surface area contributed by atoms with Crippen LogP contribution in [-0.4, -0.2) is 33.4 Å². The summed E-state index contributed by atoms with van der Waals surface area (Å²) < 4.78 is 61.9. The van der Waals surface area contributed by atoms with Crippen molar-refractivity contribution in [3.8, 4) is 0 Å². The second-order valence-electron chi connectivity index (χ2n) is 10.4. The molecular formula is C25H31F4IN2O2Si. The highest BCUT2D eigenvalue weighted by Crippen LogP contribution is 2.40. The van der Waals surface area contributed by atoms with Crippen molar-refractivity contribution in [3.05, 3.63) is 56.9 Å². The van der Waals surface area contributed by atoms with Crippen LogP contribution in [-0.2, 0) is 10.6 Å². The summed E-state index contributed by atoms with van der Waals surface area (Å²) in [5.41, 5.74) is -0.652. The predicted molar refractivity (Wildman–Crippen MR) is 142 cm³/mol. The summed E-state index contributed by atoms with van der Waals surface area (Å²) in [6.45, 7) is 11.9. The standard InChI is InChI=1S/C25H31F4IN2O2Si/c1-24(2,3)35(4,5)34-18-7-6-12-32(15-18)22-11-8-16(25(27,28)29)13-21(22)31-23(33)19-14-17(30)9-10-20(19)26/h8-11,13-14,18H,6-7,12,15H2,1-5H3,(H,31,33). The average molecular weight is 623 g/mol. The molecule has 0 saturated carbocycles. The number of rotatable bonds is 5.